The molecule has 0 radical (unpaired) electrons. The first kappa shape index (κ1) is 11.3. The molecule has 0 saturated heterocycles. The highest BCUT2D eigenvalue weighted by Gasteiger charge is 2.36. The van der Waals surface area contributed by atoms with Gasteiger partial charge >= 0.3 is 5.92 Å². The molecule has 0 aliphatic carbocycles. The molecule has 78 valence electrons. The highest BCUT2D eigenvalue weighted by molar-refractivity contribution is 9.10. The number of ether oxygens (including phenoxy) is 1. The summed E-state index contributed by atoms with van der Waals surface area (Å²) in [7, 11) is 1.26. The number of methoxy groups -OCH3 is 1. The van der Waals surface area contributed by atoms with E-state index in [1.807, 2.05) is 0 Å². The summed E-state index contributed by atoms with van der Waals surface area (Å²) in [6.07, 6.45) is 2.39. The van der Waals surface area contributed by atoms with Crippen molar-refractivity contribution in [3.05, 3.63) is 22.4 Å². The number of alkyl halides is 2. The predicted octanol–water partition coefficient (Wildman–Crippen LogP) is 1.94. The topological polar surface area (TPSA) is 42.4 Å². The molecule has 1 heterocycles. The van der Waals surface area contributed by atoms with Crippen LogP contribution in [0.4, 0.5) is 8.78 Å². The van der Waals surface area contributed by atoms with E-state index in [0.29, 0.717) is 0 Å². The number of aliphatic hydroxyl groups excluding tert-OH is 1. The van der Waals surface area contributed by atoms with Crippen molar-refractivity contribution in [3.63, 3.8) is 0 Å². The molecule has 0 aliphatic rings. The van der Waals surface area contributed by atoms with Crippen LogP contribution in [0.5, 0.6) is 5.75 Å². The maximum atomic E-state index is 13.2. The number of aliphatic hydroxyl groups is 1. The van der Waals surface area contributed by atoms with Gasteiger partial charge in [0.05, 0.1) is 18.9 Å². The van der Waals surface area contributed by atoms with Crippen molar-refractivity contribution in [3.8, 4) is 5.75 Å². The largest absolute Gasteiger partial charge is 0.495 e. The zero-order valence-corrected chi connectivity index (χ0v) is 8.88. The van der Waals surface area contributed by atoms with E-state index in [-0.39, 0.29) is 10.2 Å². The van der Waals surface area contributed by atoms with Crippen LogP contribution >= 0.6 is 15.9 Å². The second-order valence-corrected chi connectivity index (χ2v) is 3.42. The summed E-state index contributed by atoms with van der Waals surface area (Å²) in [6, 6.07) is 0. The fourth-order valence-electron chi connectivity index (χ4n) is 1.01. The normalized spacial score (nSPS) is 11.5. The Morgan fingerprint density at radius 2 is 2.21 bits per heavy atom. The first-order valence-electron chi connectivity index (χ1n) is 3.69. The molecule has 0 aromatic carbocycles. The van der Waals surface area contributed by atoms with Gasteiger partial charge in [0.25, 0.3) is 0 Å². The van der Waals surface area contributed by atoms with Gasteiger partial charge in [-0.05, 0) is 15.9 Å². The number of nitrogens with zero attached hydrogens (tertiary/aromatic N) is 1. The van der Waals surface area contributed by atoms with Crippen LogP contribution in [0.2, 0.25) is 0 Å². The third-order valence-electron chi connectivity index (χ3n) is 1.65. The minimum atomic E-state index is -3.34. The third kappa shape index (κ3) is 2.01. The molecular formula is C8H8BrF2NO2. The maximum absolute atomic E-state index is 13.2. The lowest BCUT2D eigenvalue weighted by molar-refractivity contribution is -0.0578. The summed E-state index contributed by atoms with van der Waals surface area (Å²) in [4.78, 5) is 3.68. The van der Waals surface area contributed by atoms with Crippen molar-refractivity contribution in [1.29, 1.82) is 0 Å². The molecule has 3 nitrogen and oxygen atoms in total. The quantitative estimate of drug-likeness (QED) is 0.910. The molecule has 1 rings (SSSR count). The molecule has 1 aromatic heterocycles. The number of hydrogen-bond acceptors (Lipinski definition) is 3. The maximum Gasteiger partial charge on any atom is 0.300 e. The Kier molecular flexibility index (Phi) is 3.38. The van der Waals surface area contributed by atoms with Gasteiger partial charge in [0, 0.05) is 10.7 Å². The molecule has 0 atom stereocenters. The second-order valence-electron chi connectivity index (χ2n) is 2.56. The van der Waals surface area contributed by atoms with Crippen molar-refractivity contribution in [1.82, 2.24) is 4.98 Å². The van der Waals surface area contributed by atoms with Crippen molar-refractivity contribution in [2.75, 3.05) is 13.7 Å². The Balaban J connectivity index is 3.30. The summed E-state index contributed by atoms with van der Waals surface area (Å²) in [5, 5.41) is 8.55. The van der Waals surface area contributed by atoms with Crippen LogP contribution in [-0.2, 0) is 5.92 Å². The third-order valence-corrected chi connectivity index (χ3v) is 2.25. The summed E-state index contributed by atoms with van der Waals surface area (Å²) in [5.74, 6) is -3.40. The first-order chi connectivity index (χ1) is 6.53. The molecule has 1 aromatic rings. The Bertz CT molecular complexity index is 333. The molecule has 0 saturated carbocycles. The fourth-order valence-corrected chi connectivity index (χ4v) is 1.61. The summed E-state index contributed by atoms with van der Waals surface area (Å²) in [6.45, 7) is -1.27. The van der Waals surface area contributed by atoms with E-state index in [2.05, 4.69) is 20.9 Å². The molecule has 0 fully saturated rings. The van der Waals surface area contributed by atoms with Crippen molar-refractivity contribution < 1.29 is 18.6 Å². The molecule has 0 bridgehead atoms. The van der Waals surface area contributed by atoms with Crippen LogP contribution < -0.4 is 4.74 Å². The summed E-state index contributed by atoms with van der Waals surface area (Å²) < 4.78 is 31.2. The average molecular weight is 268 g/mol. The molecule has 1 N–H and O–H groups in total. The van der Waals surface area contributed by atoms with Crippen LogP contribution in [0.15, 0.2) is 16.9 Å². The van der Waals surface area contributed by atoms with Crippen molar-refractivity contribution in [2.45, 2.75) is 5.92 Å². The fraction of sp³-hybridized carbons (Fsp3) is 0.375. The molecule has 0 unspecified atom stereocenters. The molecule has 0 aliphatic heterocycles. The first-order valence-corrected chi connectivity index (χ1v) is 4.49. The number of pyridine rings is 1. The van der Waals surface area contributed by atoms with Crippen LogP contribution in [-0.4, -0.2) is 23.8 Å². The number of rotatable bonds is 3. The van der Waals surface area contributed by atoms with Gasteiger partial charge in [0.1, 0.15) is 12.4 Å². The minimum Gasteiger partial charge on any atom is -0.495 e. The van der Waals surface area contributed by atoms with Crippen LogP contribution in [0, 0.1) is 0 Å². The highest BCUT2D eigenvalue weighted by Crippen LogP contribution is 2.38. The van der Waals surface area contributed by atoms with Gasteiger partial charge in [0.2, 0.25) is 0 Å². The van der Waals surface area contributed by atoms with E-state index >= 15 is 0 Å². The van der Waals surface area contributed by atoms with Gasteiger partial charge in [-0.15, -0.1) is 0 Å². The standard InChI is InChI=1S/C8H8BrF2NO2/c1-14-6-3-12-2-5(9)7(6)8(10,11)4-13/h2-3,13H,4H2,1H3. The van der Waals surface area contributed by atoms with E-state index in [1.54, 1.807) is 0 Å². The van der Waals surface area contributed by atoms with Crippen molar-refractivity contribution in [2.24, 2.45) is 0 Å². The molecule has 0 spiro atoms. The van der Waals surface area contributed by atoms with Crippen LogP contribution in [0.25, 0.3) is 0 Å². The zero-order chi connectivity index (χ0) is 10.8. The van der Waals surface area contributed by atoms with Gasteiger partial charge < -0.3 is 9.84 Å². The summed E-state index contributed by atoms with van der Waals surface area (Å²) >= 11 is 2.93. The van der Waals surface area contributed by atoms with Gasteiger partial charge in [-0.2, -0.15) is 8.78 Å². The van der Waals surface area contributed by atoms with Gasteiger partial charge in [0.15, 0.2) is 0 Å². The SMILES string of the molecule is COc1cncc(Br)c1C(F)(F)CO. The predicted molar refractivity (Wildman–Crippen MR) is 49.5 cm³/mol. The van der Waals surface area contributed by atoms with E-state index in [4.69, 9.17) is 9.84 Å². The molecule has 6 heteroatoms. The average Bonchev–Trinajstić information content (AvgIpc) is 2.17. The lowest BCUT2D eigenvalue weighted by Crippen LogP contribution is -2.20. The Morgan fingerprint density at radius 1 is 1.57 bits per heavy atom. The number of halogens is 3. The van der Waals surface area contributed by atoms with E-state index in [1.165, 1.54) is 19.5 Å². The monoisotopic (exact) mass is 267 g/mol. The van der Waals surface area contributed by atoms with Crippen molar-refractivity contribution >= 4 is 15.9 Å². The van der Waals surface area contributed by atoms with E-state index in [9.17, 15) is 8.78 Å². The van der Waals surface area contributed by atoms with Gasteiger partial charge in [-0.25, -0.2) is 0 Å². The highest BCUT2D eigenvalue weighted by atomic mass is 79.9. The van der Waals surface area contributed by atoms with Crippen LogP contribution in [0.1, 0.15) is 5.56 Å². The lowest BCUT2D eigenvalue weighted by atomic mass is 10.1. The molecule has 0 amide bonds. The van der Waals surface area contributed by atoms with Gasteiger partial charge in [-0.3, -0.25) is 4.98 Å². The van der Waals surface area contributed by atoms with Gasteiger partial charge in [-0.1, -0.05) is 0 Å². The minimum absolute atomic E-state index is 0.0570. The Hall–Kier alpha value is -0.750. The van der Waals surface area contributed by atoms with Crippen LogP contribution in [0.3, 0.4) is 0 Å². The second kappa shape index (κ2) is 4.18. The summed E-state index contributed by atoms with van der Waals surface area (Å²) in [5.41, 5.74) is -0.391. The lowest BCUT2D eigenvalue weighted by Gasteiger charge is -2.17. The van der Waals surface area contributed by atoms with E-state index < -0.39 is 18.1 Å². The number of hydrogen-bond donors (Lipinski definition) is 1. The molecule has 14 heavy (non-hydrogen) atoms. The number of aromatic nitrogens is 1. The molecular weight excluding hydrogens is 260 g/mol. The zero-order valence-electron chi connectivity index (χ0n) is 7.30. The Labute approximate surface area is 87.9 Å². The van der Waals surface area contributed by atoms with E-state index in [0.717, 1.165) is 0 Å². The Morgan fingerprint density at radius 3 is 2.71 bits per heavy atom. The smallest absolute Gasteiger partial charge is 0.300 e.